The molecule has 1 rings (SSSR count). The molecule has 6 nitrogen and oxygen atoms in total. The van der Waals surface area contributed by atoms with Crippen LogP contribution in [-0.4, -0.2) is 40.4 Å². The zero-order valence-corrected chi connectivity index (χ0v) is 9.29. The van der Waals surface area contributed by atoms with E-state index in [-0.39, 0.29) is 0 Å². The third-order valence-electron chi connectivity index (χ3n) is 2.23. The molecular weight excluding hydrogens is 238 g/mol. The Morgan fingerprint density at radius 3 is 2.33 bits per heavy atom. The van der Waals surface area contributed by atoms with Crippen LogP contribution >= 0.6 is 0 Å². The number of esters is 1. The third kappa shape index (κ3) is 2.80. The summed E-state index contributed by atoms with van der Waals surface area (Å²) in [5.41, 5.74) is -4.33. The maximum absolute atomic E-state index is 11.6. The van der Waals surface area contributed by atoms with E-state index in [0.717, 1.165) is 0 Å². The highest BCUT2D eigenvalue weighted by molar-refractivity contribution is 5.99. The van der Waals surface area contributed by atoms with E-state index in [0.29, 0.717) is 4.90 Å². The Hall–Kier alpha value is -1.59. The standard InChI is InChI=1S/C12H9NO5/c1-11(2,3)18-10(16)13-7-8(14)6-12(13,4)9(15)17-5/h1-5H,6-7H2/t12-/m1/s1. The van der Waals surface area contributed by atoms with Gasteiger partial charge in [0.1, 0.15) is 5.60 Å². The molecule has 1 amide bonds. The van der Waals surface area contributed by atoms with E-state index in [1.54, 1.807) is 0 Å². The number of carbonyl (C=O) groups is 3. The Labute approximate surface area is 106 Å². The van der Waals surface area contributed by atoms with Crippen LogP contribution in [0.25, 0.3) is 0 Å². The zero-order chi connectivity index (χ0) is 14.1. The molecule has 0 aromatic rings. The van der Waals surface area contributed by atoms with E-state index in [1.165, 1.54) is 0 Å². The number of carbonyl (C=O) groups excluding carboxylic acids is 3. The normalized spacial score (nSPS) is 24.1. The van der Waals surface area contributed by atoms with Gasteiger partial charge in [-0.25, -0.2) is 9.59 Å². The summed E-state index contributed by atoms with van der Waals surface area (Å²) in [5.74, 6) is -1.67. The quantitative estimate of drug-likeness (QED) is 0.639. The van der Waals surface area contributed by atoms with E-state index >= 15 is 0 Å². The average Bonchev–Trinajstić information content (AvgIpc) is 2.51. The van der Waals surface area contributed by atoms with E-state index in [9.17, 15) is 14.4 Å². The van der Waals surface area contributed by atoms with Crippen LogP contribution in [0.4, 0.5) is 4.79 Å². The molecule has 1 aliphatic heterocycles. The lowest BCUT2D eigenvalue weighted by atomic mass is 9.99. The van der Waals surface area contributed by atoms with Gasteiger partial charge < -0.3 is 9.47 Å². The largest absolute Gasteiger partial charge is 0.452 e. The number of likely N-dealkylation sites (tertiary alicyclic amines) is 1. The summed E-state index contributed by atoms with van der Waals surface area (Å²) in [6.45, 7) is 20.3. The molecule has 1 heterocycles. The number of hydrogen-bond acceptors (Lipinski definition) is 5. The third-order valence-corrected chi connectivity index (χ3v) is 2.23. The van der Waals surface area contributed by atoms with Crippen molar-refractivity contribution in [3.8, 4) is 0 Å². The first-order valence-electron chi connectivity index (χ1n) is 4.69. The van der Waals surface area contributed by atoms with Gasteiger partial charge in [0.2, 0.25) is 0 Å². The van der Waals surface area contributed by atoms with Gasteiger partial charge in [0.15, 0.2) is 18.4 Å². The first-order chi connectivity index (χ1) is 8.10. The van der Waals surface area contributed by atoms with Crippen molar-refractivity contribution in [2.24, 2.45) is 0 Å². The first-order valence-corrected chi connectivity index (χ1v) is 4.69. The molecule has 0 aromatic heterocycles. The minimum atomic E-state index is -2.27. The minimum absolute atomic E-state index is 0.467. The van der Waals surface area contributed by atoms with Crippen LogP contribution in [0.3, 0.4) is 0 Å². The highest BCUT2D eigenvalue weighted by atomic mass is 16.6. The molecule has 0 unspecified atom stereocenters. The Morgan fingerprint density at radius 1 is 1.33 bits per heavy atom. The molecule has 18 heavy (non-hydrogen) atoms. The second kappa shape index (κ2) is 4.59. The summed E-state index contributed by atoms with van der Waals surface area (Å²) in [6, 6.07) is 0. The molecule has 1 fully saturated rings. The fourth-order valence-corrected chi connectivity index (χ4v) is 1.49. The van der Waals surface area contributed by atoms with Crippen molar-refractivity contribution < 1.29 is 23.9 Å². The van der Waals surface area contributed by atoms with Crippen LogP contribution in [-0.2, 0) is 19.1 Å². The van der Waals surface area contributed by atoms with Crippen LogP contribution in [0.1, 0.15) is 6.42 Å². The molecule has 0 saturated carbocycles. The van der Waals surface area contributed by atoms with Crippen molar-refractivity contribution in [2.45, 2.75) is 17.6 Å². The second-order valence-electron chi connectivity index (χ2n) is 3.85. The maximum atomic E-state index is 11.6. The molecule has 1 aliphatic rings. The van der Waals surface area contributed by atoms with E-state index in [1.807, 2.05) is 0 Å². The van der Waals surface area contributed by atoms with Crippen molar-refractivity contribution in [1.29, 1.82) is 0 Å². The summed E-state index contributed by atoms with van der Waals surface area (Å²) in [6.07, 6.45) is -1.70. The topological polar surface area (TPSA) is 72.9 Å². The maximum Gasteiger partial charge on any atom is 0.411 e. The van der Waals surface area contributed by atoms with Gasteiger partial charge in [0.05, 0.1) is 6.54 Å². The number of ketones is 1. The Kier molecular flexibility index (Phi) is 3.69. The molecule has 92 valence electrons. The zero-order valence-electron chi connectivity index (χ0n) is 9.29. The smallest absolute Gasteiger partial charge is 0.411 e. The van der Waals surface area contributed by atoms with Crippen LogP contribution in [0.5, 0.6) is 0 Å². The van der Waals surface area contributed by atoms with Crippen LogP contribution in [0.15, 0.2) is 0 Å². The molecular formula is C12H9NO5. The highest BCUT2D eigenvalue weighted by Gasteiger charge is 2.52. The van der Waals surface area contributed by atoms with Crippen molar-refractivity contribution in [2.75, 3.05) is 6.54 Å². The summed E-state index contributed by atoms with van der Waals surface area (Å²) >= 11 is 0. The van der Waals surface area contributed by atoms with Crippen molar-refractivity contribution in [1.82, 2.24) is 4.90 Å². The minimum Gasteiger partial charge on any atom is -0.452 e. The molecule has 6 heteroatoms. The summed E-state index contributed by atoms with van der Waals surface area (Å²) < 4.78 is 8.34. The van der Waals surface area contributed by atoms with Crippen molar-refractivity contribution >= 4 is 17.8 Å². The van der Waals surface area contributed by atoms with Gasteiger partial charge in [-0.15, -0.1) is 0 Å². The lowest BCUT2D eigenvalue weighted by Gasteiger charge is -2.32. The first kappa shape index (κ1) is 14.5. The second-order valence-corrected chi connectivity index (χ2v) is 3.85. The molecule has 0 bridgehead atoms. The lowest BCUT2D eigenvalue weighted by Crippen LogP contribution is -2.52. The molecule has 1 atom stereocenters. The highest BCUT2D eigenvalue weighted by Crippen LogP contribution is 2.29. The van der Waals surface area contributed by atoms with Crippen LogP contribution < -0.4 is 0 Å². The lowest BCUT2D eigenvalue weighted by molar-refractivity contribution is -0.148. The molecule has 10 radical (unpaired) electrons. The molecule has 0 aliphatic carbocycles. The number of amides is 1. The Morgan fingerprint density at radius 2 is 1.89 bits per heavy atom. The van der Waals surface area contributed by atoms with Crippen molar-refractivity contribution in [3.05, 3.63) is 34.8 Å². The van der Waals surface area contributed by atoms with Gasteiger partial charge in [-0.3, -0.25) is 9.69 Å². The summed E-state index contributed by atoms with van der Waals surface area (Å²) in [7, 11) is 4.68. The van der Waals surface area contributed by atoms with Gasteiger partial charge >= 0.3 is 12.1 Å². The molecule has 0 N–H and O–H groups in total. The number of hydrogen-bond donors (Lipinski definition) is 0. The van der Waals surface area contributed by atoms with Gasteiger partial charge in [-0.05, 0) is 0 Å². The average molecular weight is 247 g/mol. The molecule has 0 spiro atoms. The van der Waals surface area contributed by atoms with E-state index in [2.05, 4.69) is 16.6 Å². The monoisotopic (exact) mass is 247 g/mol. The SMILES string of the molecule is [CH]OC(=O)[C@@]1([CH])CC(=O)CN1C(=O)OC([CH])([CH])[CH]. The fourth-order valence-electron chi connectivity index (χ4n) is 1.49. The summed E-state index contributed by atoms with van der Waals surface area (Å²) in [5, 5.41) is 0. The van der Waals surface area contributed by atoms with Crippen LogP contribution in [0, 0.1) is 34.8 Å². The van der Waals surface area contributed by atoms with E-state index in [4.69, 9.17) is 27.7 Å². The van der Waals surface area contributed by atoms with Gasteiger partial charge in [-0.1, -0.05) is 0 Å². The van der Waals surface area contributed by atoms with Gasteiger partial charge in [0, 0.05) is 34.1 Å². The summed E-state index contributed by atoms with van der Waals surface area (Å²) in [4.78, 5) is 34.9. The van der Waals surface area contributed by atoms with E-state index < -0.39 is 42.0 Å². The Balaban J connectivity index is 2.95. The molecule has 0 aromatic carbocycles. The molecule has 1 saturated heterocycles. The predicted octanol–water partition coefficient (Wildman–Crippen LogP) is -0.0684. The van der Waals surface area contributed by atoms with Crippen molar-refractivity contribution in [3.63, 3.8) is 0 Å². The number of nitrogens with zero attached hydrogens (tertiary/aromatic N) is 1. The van der Waals surface area contributed by atoms with Gasteiger partial charge in [0.25, 0.3) is 0 Å². The Bertz CT molecular complexity index is 384. The fraction of sp³-hybridized carbons (Fsp3) is 0.333. The number of ether oxygens (including phenoxy) is 2. The predicted molar refractivity (Wildman–Crippen MR) is 55.9 cm³/mol. The number of Topliss-reactive ketones (excluding diaryl/α,β-unsaturated/α-hetero) is 1. The van der Waals surface area contributed by atoms with Gasteiger partial charge in [-0.2, -0.15) is 0 Å². The van der Waals surface area contributed by atoms with Crippen LogP contribution in [0.2, 0.25) is 0 Å². The number of rotatable bonds is 2.